The van der Waals surface area contributed by atoms with Crippen LogP contribution in [0.1, 0.15) is 20.1 Å². The summed E-state index contributed by atoms with van der Waals surface area (Å²) in [6.07, 6.45) is 0.908. The summed E-state index contributed by atoms with van der Waals surface area (Å²) in [4.78, 5) is 15.5. The molecule has 1 aliphatic rings. The van der Waals surface area contributed by atoms with Gasteiger partial charge in [-0.15, -0.1) is 11.3 Å². The van der Waals surface area contributed by atoms with Gasteiger partial charge in [0, 0.05) is 29.5 Å². The predicted octanol–water partition coefficient (Wildman–Crippen LogP) is 2.96. The first-order valence-electron chi connectivity index (χ1n) is 7.32. The van der Waals surface area contributed by atoms with Crippen LogP contribution in [0.25, 0.3) is 0 Å². The van der Waals surface area contributed by atoms with Gasteiger partial charge in [0.15, 0.2) is 0 Å². The van der Waals surface area contributed by atoms with E-state index in [-0.39, 0.29) is 0 Å². The van der Waals surface area contributed by atoms with Crippen molar-refractivity contribution in [1.29, 1.82) is 0 Å². The molecule has 0 aliphatic carbocycles. The van der Waals surface area contributed by atoms with E-state index in [0.717, 1.165) is 31.8 Å². The maximum absolute atomic E-state index is 11.5. The topological polar surface area (TPSA) is 61.8 Å². The first-order chi connectivity index (χ1) is 11.2. The molecule has 2 aromatic rings. The minimum atomic E-state index is -0.443. The quantitative estimate of drug-likeness (QED) is 0.641. The van der Waals surface area contributed by atoms with Gasteiger partial charge in [-0.1, -0.05) is 11.6 Å². The smallest absolute Gasteiger partial charge is 0.284 e. The Balaban J connectivity index is 1.52. The van der Waals surface area contributed by atoms with Crippen LogP contribution in [0.2, 0.25) is 5.02 Å². The lowest BCUT2D eigenvalue weighted by Gasteiger charge is -2.26. The molecule has 7 heteroatoms. The van der Waals surface area contributed by atoms with E-state index in [9.17, 15) is 4.79 Å². The minimum absolute atomic E-state index is 0.443. The third-order valence-electron chi connectivity index (χ3n) is 3.78. The molecule has 0 unspecified atom stereocenters. The van der Waals surface area contributed by atoms with E-state index in [1.807, 2.05) is 30.3 Å². The number of halogens is 1. The number of carbonyl (C=O) groups excluding carboxylic acids is 1. The molecule has 2 heterocycles. The van der Waals surface area contributed by atoms with Crippen LogP contribution in [-0.4, -0.2) is 35.7 Å². The summed E-state index contributed by atoms with van der Waals surface area (Å²) in [7, 11) is 0. The summed E-state index contributed by atoms with van der Waals surface area (Å²) in [5.74, 6) is 0.368. The standard InChI is InChI=1S/C16H17ClN2O3S/c17-12-1-3-13(4-2-12)22-8-7-19-6-5-11-9-14(16(20)18-21)23-15(11)10-19/h1-4,9,21H,5-8,10H2,(H,18,20). The number of rotatable bonds is 5. The molecular formula is C16H17ClN2O3S. The van der Waals surface area contributed by atoms with Crippen LogP contribution in [0.3, 0.4) is 0 Å². The summed E-state index contributed by atoms with van der Waals surface area (Å²) in [6.45, 7) is 3.17. The number of thiophene rings is 1. The molecule has 1 aliphatic heterocycles. The van der Waals surface area contributed by atoms with Crippen molar-refractivity contribution < 1.29 is 14.7 Å². The zero-order chi connectivity index (χ0) is 16.2. The summed E-state index contributed by atoms with van der Waals surface area (Å²) in [5, 5.41) is 9.41. The Kier molecular flexibility index (Phi) is 5.17. The molecule has 0 bridgehead atoms. The zero-order valence-electron chi connectivity index (χ0n) is 12.4. The summed E-state index contributed by atoms with van der Waals surface area (Å²) >= 11 is 7.28. The first kappa shape index (κ1) is 16.3. The van der Waals surface area contributed by atoms with Gasteiger partial charge >= 0.3 is 0 Å². The number of nitrogens with zero attached hydrogens (tertiary/aromatic N) is 1. The predicted molar refractivity (Wildman–Crippen MR) is 89.5 cm³/mol. The van der Waals surface area contributed by atoms with Crippen LogP contribution in [-0.2, 0) is 13.0 Å². The number of hydrogen-bond donors (Lipinski definition) is 2. The number of ether oxygens (including phenoxy) is 1. The van der Waals surface area contributed by atoms with E-state index in [1.54, 1.807) is 5.48 Å². The van der Waals surface area contributed by atoms with Gasteiger partial charge in [-0.2, -0.15) is 0 Å². The average molecular weight is 353 g/mol. The Labute approximate surface area is 143 Å². The molecule has 1 aromatic carbocycles. The number of fused-ring (bicyclic) bond motifs is 1. The number of amides is 1. The molecule has 3 rings (SSSR count). The normalized spacial score (nSPS) is 14.3. The van der Waals surface area contributed by atoms with Crippen molar-refractivity contribution in [2.45, 2.75) is 13.0 Å². The van der Waals surface area contributed by atoms with E-state index in [4.69, 9.17) is 21.5 Å². The van der Waals surface area contributed by atoms with Gasteiger partial charge in [0.2, 0.25) is 0 Å². The Hall–Kier alpha value is -1.60. The lowest BCUT2D eigenvalue weighted by molar-refractivity contribution is 0.0711. The van der Waals surface area contributed by atoms with Crippen LogP contribution < -0.4 is 10.2 Å². The lowest BCUT2D eigenvalue weighted by Crippen LogP contribution is -2.33. The van der Waals surface area contributed by atoms with Crippen LogP contribution in [0.5, 0.6) is 5.75 Å². The Morgan fingerprint density at radius 2 is 2.17 bits per heavy atom. The fraction of sp³-hybridized carbons (Fsp3) is 0.312. The third-order valence-corrected chi connectivity index (χ3v) is 5.19. The van der Waals surface area contributed by atoms with E-state index >= 15 is 0 Å². The monoisotopic (exact) mass is 352 g/mol. The maximum atomic E-state index is 11.5. The highest BCUT2D eigenvalue weighted by atomic mass is 35.5. The molecule has 1 amide bonds. The highest BCUT2D eigenvalue weighted by Crippen LogP contribution is 2.28. The molecule has 23 heavy (non-hydrogen) atoms. The van der Waals surface area contributed by atoms with Gasteiger partial charge in [-0.25, -0.2) is 5.48 Å². The Morgan fingerprint density at radius 1 is 1.39 bits per heavy atom. The van der Waals surface area contributed by atoms with Crippen molar-refractivity contribution in [2.24, 2.45) is 0 Å². The van der Waals surface area contributed by atoms with Crippen LogP contribution in [0.15, 0.2) is 30.3 Å². The van der Waals surface area contributed by atoms with Gasteiger partial charge < -0.3 is 4.74 Å². The first-order valence-corrected chi connectivity index (χ1v) is 8.52. The summed E-state index contributed by atoms with van der Waals surface area (Å²) in [6, 6.07) is 9.20. The maximum Gasteiger partial charge on any atom is 0.284 e. The van der Waals surface area contributed by atoms with E-state index in [2.05, 4.69) is 4.90 Å². The second-order valence-electron chi connectivity index (χ2n) is 5.33. The summed E-state index contributed by atoms with van der Waals surface area (Å²) < 4.78 is 5.72. The Morgan fingerprint density at radius 3 is 2.91 bits per heavy atom. The second-order valence-corrected chi connectivity index (χ2v) is 6.90. The molecule has 0 saturated carbocycles. The molecule has 0 atom stereocenters. The summed E-state index contributed by atoms with van der Waals surface area (Å²) in [5.41, 5.74) is 2.88. The van der Waals surface area contributed by atoms with Gasteiger partial charge in [-0.05, 0) is 42.3 Å². The molecule has 2 N–H and O–H groups in total. The van der Waals surface area contributed by atoms with Gasteiger partial charge in [0.05, 0.1) is 4.88 Å². The molecule has 0 saturated heterocycles. The lowest BCUT2D eigenvalue weighted by atomic mass is 10.1. The number of nitrogens with one attached hydrogen (secondary N) is 1. The SMILES string of the molecule is O=C(NO)c1cc2c(s1)CN(CCOc1ccc(Cl)cc1)CC2. The third kappa shape index (κ3) is 4.03. The van der Waals surface area contributed by atoms with Gasteiger partial charge in [0.25, 0.3) is 5.91 Å². The fourth-order valence-corrected chi connectivity index (χ4v) is 3.82. The molecule has 0 radical (unpaired) electrons. The Bertz CT molecular complexity index is 687. The van der Waals surface area contributed by atoms with Gasteiger partial charge in [-0.3, -0.25) is 14.9 Å². The van der Waals surface area contributed by atoms with Crippen molar-refractivity contribution in [1.82, 2.24) is 10.4 Å². The van der Waals surface area contributed by atoms with Crippen molar-refractivity contribution in [3.8, 4) is 5.75 Å². The fourth-order valence-electron chi connectivity index (χ4n) is 2.55. The van der Waals surface area contributed by atoms with Crippen LogP contribution in [0, 0.1) is 0 Å². The van der Waals surface area contributed by atoms with Crippen molar-refractivity contribution >= 4 is 28.8 Å². The largest absolute Gasteiger partial charge is 0.492 e. The van der Waals surface area contributed by atoms with E-state index < -0.39 is 5.91 Å². The van der Waals surface area contributed by atoms with Crippen LogP contribution >= 0.6 is 22.9 Å². The highest BCUT2D eigenvalue weighted by Gasteiger charge is 2.21. The van der Waals surface area contributed by atoms with E-state index in [1.165, 1.54) is 21.8 Å². The minimum Gasteiger partial charge on any atom is -0.492 e. The van der Waals surface area contributed by atoms with Crippen LogP contribution in [0.4, 0.5) is 0 Å². The van der Waals surface area contributed by atoms with E-state index in [0.29, 0.717) is 16.5 Å². The molecule has 1 aromatic heterocycles. The molecule has 0 fully saturated rings. The van der Waals surface area contributed by atoms with Crippen molar-refractivity contribution in [3.63, 3.8) is 0 Å². The van der Waals surface area contributed by atoms with Gasteiger partial charge in [0.1, 0.15) is 12.4 Å². The van der Waals surface area contributed by atoms with Crippen molar-refractivity contribution in [3.05, 3.63) is 50.7 Å². The van der Waals surface area contributed by atoms with Crippen molar-refractivity contribution in [2.75, 3.05) is 19.7 Å². The molecular weight excluding hydrogens is 336 g/mol. The number of hydrogen-bond acceptors (Lipinski definition) is 5. The molecule has 5 nitrogen and oxygen atoms in total. The molecule has 122 valence electrons. The molecule has 0 spiro atoms. The zero-order valence-corrected chi connectivity index (χ0v) is 14.0. The highest BCUT2D eigenvalue weighted by molar-refractivity contribution is 7.14. The number of benzene rings is 1. The second kappa shape index (κ2) is 7.31. The average Bonchev–Trinajstić information content (AvgIpc) is 2.99. The number of hydroxylamine groups is 1. The number of carbonyl (C=O) groups is 1.